The number of fused-ring (bicyclic) bond motifs is 7. The van der Waals surface area contributed by atoms with Crippen LogP contribution < -0.4 is 0 Å². The third-order valence-electron chi connectivity index (χ3n) is 4.16. The van der Waals surface area contributed by atoms with Crippen LogP contribution in [0.4, 0.5) is 0 Å². The standard InChI is InChI=1S/C19H11N3/c1-2-5-13-11-16-15(10-12(13)4-1)14-6-3-7-20-17(14)19-18(16)21-8-9-22-19/h1-11H. The summed E-state index contributed by atoms with van der Waals surface area (Å²) >= 11 is 0. The lowest BCUT2D eigenvalue weighted by atomic mass is 9.98. The molecule has 0 aliphatic heterocycles. The van der Waals surface area contributed by atoms with Gasteiger partial charge in [0.1, 0.15) is 5.52 Å². The van der Waals surface area contributed by atoms with Gasteiger partial charge in [-0.2, -0.15) is 0 Å². The number of rotatable bonds is 0. The van der Waals surface area contributed by atoms with E-state index < -0.39 is 0 Å². The Balaban J connectivity index is 2.17. The van der Waals surface area contributed by atoms with Crippen LogP contribution in [0.2, 0.25) is 0 Å². The van der Waals surface area contributed by atoms with Crippen LogP contribution in [0, 0.1) is 0 Å². The SMILES string of the molecule is c1ccc2cc3c(cc2c1)c1cccnc1c1nccnc31. The minimum absolute atomic E-state index is 0.862. The Kier molecular flexibility index (Phi) is 2.22. The third kappa shape index (κ3) is 1.48. The molecule has 0 fully saturated rings. The molecule has 0 aliphatic carbocycles. The molecular weight excluding hydrogens is 270 g/mol. The lowest BCUT2D eigenvalue weighted by Crippen LogP contribution is -1.90. The topological polar surface area (TPSA) is 38.7 Å². The number of benzene rings is 3. The molecule has 3 nitrogen and oxygen atoms in total. The normalized spacial score (nSPS) is 11.6. The molecule has 0 saturated carbocycles. The van der Waals surface area contributed by atoms with Crippen LogP contribution in [-0.2, 0) is 0 Å². The second-order valence-corrected chi connectivity index (χ2v) is 5.40. The fourth-order valence-electron chi connectivity index (χ4n) is 3.18. The molecule has 0 atom stereocenters. The highest BCUT2D eigenvalue weighted by Crippen LogP contribution is 2.34. The van der Waals surface area contributed by atoms with Crippen molar-refractivity contribution in [2.75, 3.05) is 0 Å². The molecule has 102 valence electrons. The van der Waals surface area contributed by atoms with Crippen molar-refractivity contribution < 1.29 is 0 Å². The lowest BCUT2D eigenvalue weighted by Gasteiger charge is -2.09. The van der Waals surface area contributed by atoms with E-state index in [-0.39, 0.29) is 0 Å². The predicted molar refractivity (Wildman–Crippen MR) is 89.9 cm³/mol. The Morgan fingerprint density at radius 3 is 1.95 bits per heavy atom. The van der Waals surface area contributed by atoms with Crippen LogP contribution in [-0.4, -0.2) is 15.0 Å². The first-order valence-corrected chi connectivity index (χ1v) is 7.22. The maximum atomic E-state index is 4.56. The number of hydrogen-bond donors (Lipinski definition) is 0. The Bertz CT molecular complexity index is 1080. The molecular formula is C19H11N3. The maximum absolute atomic E-state index is 4.56. The fourth-order valence-corrected chi connectivity index (χ4v) is 3.18. The molecule has 0 spiro atoms. The Morgan fingerprint density at radius 2 is 1.14 bits per heavy atom. The van der Waals surface area contributed by atoms with Crippen molar-refractivity contribution in [3.63, 3.8) is 0 Å². The lowest BCUT2D eigenvalue weighted by molar-refractivity contribution is 1.30. The molecule has 2 heterocycles. The minimum atomic E-state index is 0.862. The monoisotopic (exact) mass is 281 g/mol. The average molecular weight is 281 g/mol. The van der Waals surface area contributed by atoms with Crippen LogP contribution in [0.1, 0.15) is 0 Å². The van der Waals surface area contributed by atoms with Gasteiger partial charge >= 0.3 is 0 Å². The maximum Gasteiger partial charge on any atom is 0.116 e. The summed E-state index contributed by atoms with van der Waals surface area (Å²) in [4.78, 5) is 13.6. The predicted octanol–water partition coefficient (Wildman–Crippen LogP) is 4.48. The summed E-state index contributed by atoms with van der Waals surface area (Å²) in [5.41, 5.74) is 2.68. The quantitative estimate of drug-likeness (QED) is 0.310. The van der Waals surface area contributed by atoms with E-state index in [0.29, 0.717) is 0 Å². The van der Waals surface area contributed by atoms with E-state index in [1.165, 1.54) is 16.2 Å². The van der Waals surface area contributed by atoms with Gasteiger partial charge in [0.25, 0.3) is 0 Å². The number of nitrogens with zero attached hydrogens (tertiary/aromatic N) is 3. The van der Waals surface area contributed by atoms with Crippen molar-refractivity contribution >= 4 is 43.5 Å². The highest BCUT2D eigenvalue weighted by molar-refractivity contribution is 6.24. The molecule has 3 heteroatoms. The van der Waals surface area contributed by atoms with E-state index in [4.69, 9.17) is 0 Å². The van der Waals surface area contributed by atoms with Crippen molar-refractivity contribution in [3.8, 4) is 0 Å². The van der Waals surface area contributed by atoms with Gasteiger partial charge in [-0.15, -0.1) is 0 Å². The van der Waals surface area contributed by atoms with Gasteiger partial charge in [0.2, 0.25) is 0 Å². The van der Waals surface area contributed by atoms with E-state index in [0.717, 1.165) is 27.3 Å². The summed E-state index contributed by atoms with van der Waals surface area (Å²) in [5.74, 6) is 0. The van der Waals surface area contributed by atoms with Crippen LogP contribution in [0.25, 0.3) is 43.5 Å². The molecule has 0 saturated heterocycles. The van der Waals surface area contributed by atoms with Crippen molar-refractivity contribution in [1.29, 1.82) is 0 Å². The van der Waals surface area contributed by atoms with Gasteiger partial charge in [-0.05, 0) is 34.4 Å². The summed E-state index contributed by atoms with van der Waals surface area (Å²) in [6.45, 7) is 0. The van der Waals surface area contributed by atoms with E-state index in [1.54, 1.807) is 12.4 Å². The molecule has 22 heavy (non-hydrogen) atoms. The molecule has 0 aliphatic rings. The van der Waals surface area contributed by atoms with Gasteiger partial charge < -0.3 is 0 Å². The van der Waals surface area contributed by atoms with E-state index in [9.17, 15) is 0 Å². The molecule has 3 aromatic carbocycles. The zero-order valence-electron chi connectivity index (χ0n) is 11.7. The minimum Gasteiger partial charge on any atom is -0.254 e. The molecule has 5 rings (SSSR count). The van der Waals surface area contributed by atoms with Gasteiger partial charge in [-0.3, -0.25) is 15.0 Å². The largest absolute Gasteiger partial charge is 0.254 e. The molecule has 0 bridgehead atoms. The molecule has 0 unspecified atom stereocenters. The van der Waals surface area contributed by atoms with Gasteiger partial charge in [-0.1, -0.05) is 30.3 Å². The fraction of sp³-hybridized carbons (Fsp3) is 0. The first-order chi connectivity index (χ1) is 10.9. The smallest absolute Gasteiger partial charge is 0.116 e. The molecule has 0 amide bonds. The zero-order valence-corrected chi connectivity index (χ0v) is 11.7. The third-order valence-corrected chi connectivity index (χ3v) is 4.16. The van der Waals surface area contributed by atoms with Crippen molar-refractivity contribution in [2.24, 2.45) is 0 Å². The van der Waals surface area contributed by atoms with E-state index >= 15 is 0 Å². The Morgan fingerprint density at radius 1 is 0.500 bits per heavy atom. The Labute approximate surface area is 126 Å². The van der Waals surface area contributed by atoms with Crippen molar-refractivity contribution in [1.82, 2.24) is 15.0 Å². The summed E-state index contributed by atoms with van der Waals surface area (Å²) in [7, 11) is 0. The first-order valence-electron chi connectivity index (χ1n) is 7.22. The summed E-state index contributed by atoms with van der Waals surface area (Å²) in [6, 6.07) is 16.9. The van der Waals surface area contributed by atoms with E-state index in [1.807, 2.05) is 12.3 Å². The molecule has 2 aromatic heterocycles. The van der Waals surface area contributed by atoms with E-state index in [2.05, 4.69) is 57.4 Å². The van der Waals surface area contributed by atoms with Gasteiger partial charge in [-0.25, -0.2) is 0 Å². The van der Waals surface area contributed by atoms with Crippen LogP contribution in [0.3, 0.4) is 0 Å². The van der Waals surface area contributed by atoms with Gasteiger partial charge in [0.05, 0.1) is 11.0 Å². The molecule has 0 radical (unpaired) electrons. The highest BCUT2D eigenvalue weighted by Gasteiger charge is 2.11. The number of aromatic nitrogens is 3. The van der Waals surface area contributed by atoms with Gasteiger partial charge in [0.15, 0.2) is 0 Å². The Hall–Kier alpha value is -3.07. The molecule has 0 N–H and O–H groups in total. The zero-order chi connectivity index (χ0) is 14.5. The van der Waals surface area contributed by atoms with Crippen molar-refractivity contribution in [3.05, 3.63) is 67.1 Å². The highest BCUT2D eigenvalue weighted by atomic mass is 14.8. The van der Waals surface area contributed by atoms with Gasteiger partial charge in [0, 0.05) is 29.4 Å². The van der Waals surface area contributed by atoms with Crippen LogP contribution in [0.15, 0.2) is 67.1 Å². The second kappa shape index (κ2) is 4.21. The van der Waals surface area contributed by atoms with Crippen molar-refractivity contribution in [2.45, 2.75) is 0 Å². The first kappa shape index (κ1) is 11.6. The van der Waals surface area contributed by atoms with Crippen LogP contribution >= 0.6 is 0 Å². The summed E-state index contributed by atoms with van der Waals surface area (Å²) < 4.78 is 0. The second-order valence-electron chi connectivity index (χ2n) is 5.40. The summed E-state index contributed by atoms with van der Waals surface area (Å²) in [6.07, 6.45) is 5.28. The average Bonchev–Trinajstić information content (AvgIpc) is 2.61. The number of pyridine rings is 1. The van der Waals surface area contributed by atoms with Crippen LogP contribution in [0.5, 0.6) is 0 Å². The number of hydrogen-bond acceptors (Lipinski definition) is 3. The summed E-state index contributed by atoms with van der Waals surface area (Å²) in [5, 5.41) is 5.86. The molecule has 5 aromatic rings.